The Morgan fingerprint density at radius 1 is 1.60 bits per heavy atom. The Hall–Kier alpha value is -0.120. The van der Waals surface area contributed by atoms with Crippen LogP contribution >= 0.6 is 0 Å². The molecule has 0 heterocycles. The Labute approximate surface area is 61.2 Å². The minimum absolute atomic E-state index is 0.100. The van der Waals surface area contributed by atoms with Gasteiger partial charge in [-0.1, -0.05) is 0 Å². The second-order valence-corrected chi connectivity index (χ2v) is 2.71. The van der Waals surface area contributed by atoms with E-state index in [1.165, 1.54) is 12.8 Å². The SMILES string of the molecule is NCC(OCCO)C1CC1. The Morgan fingerprint density at radius 3 is 2.70 bits per heavy atom. The van der Waals surface area contributed by atoms with E-state index < -0.39 is 0 Å². The highest BCUT2D eigenvalue weighted by atomic mass is 16.5. The van der Waals surface area contributed by atoms with Crippen LogP contribution in [0.2, 0.25) is 0 Å². The maximum atomic E-state index is 8.45. The van der Waals surface area contributed by atoms with E-state index in [2.05, 4.69) is 0 Å². The van der Waals surface area contributed by atoms with Gasteiger partial charge in [-0.05, 0) is 18.8 Å². The van der Waals surface area contributed by atoms with Crippen molar-refractivity contribution in [1.82, 2.24) is 0 Å². The van der Waals surface area contributed by atoms with Gasteiger partial charge in [0.2, 0.25) is 0 Å². The van der Waals surface area contributed by atoms with Gasteiger partial charge in [0.15, 0.2) is 0 Å². The molecule has 0 aromatic heterocycles. The Balaban J connectivity index is 2.07. The van der Waals surface area contributed by atoms with Crippen LogP contribution in [0.25, 0.3) is 0 Å². The van der Waals surface area contributed by atoms with Crippen LogP contribution in [0, 0.1) is 5.92 Å². The third-order valence-corrected chi connectivity index (χ3v) is 1.80. The standard InChI is InChI=1S/C7H15NO2/c8-5-7(6-1-2-6)10-4-3-9/h6-7,9H,1-5,8H2. The van der Waals surface area contributed by atoms with Gasteiger partial charge in [-0.25, -0.2) is 0 Å². The van der Waals surface area contributed by atoms with E-state index >= 15 is 0 Å². The van der Waals surface area contributed by atoms with Crippen molar-refractivity contribution in [2.75, 3.05) is 19.8 Å². The minimum Gasteiger partial charge on any atom is -0.394 e. The van der Waals surface area contributed by atoms with E-state index in [1.807, 2.05) is 0 Å². The van der Waals surface area contributed by atoms with Crippen LogP contribution in [0.3, 0.4) is 0 Å². The summed E-state index contributed by atoms with van der Waals surface area (Å²) < 4.78 is 5.29. The molecule has 60 valence electrons. The molecule has 0 radical (unpaired) electrons. The molecule has 1 aliphatic carbocycles. The predicted molar refractivity (Wildman–Crippen MR) is 38.6 cm³/mol. The molecule has 3 N–H and O–H groups in total. The zero-order chi connectivity index (χ0) is 7.40. The Morgan fingerprint density at radius 2 is 2.30 bits per heavy atom. The normalized spacial score (nSPS) is 21.0. The quantitative estimate of drug-likeness (QED) is 0.560. The largest absolute Gasteiger partial charge is 0.394 e. The molecule has 1 rings (SSSR count). The van der Waals surface area contributed by atoms with Crippen molar-refractivity contribution in [1.29, 1.82) is 0 Å². The summed E-state index contributed by atoms with van der Waals surface area (Å²) in [5, 5.41) is 8.45. The molecule has 0 bridgehead atoms. The van der Waals surface area contributed by atoms with Crippen LogP contribution in [-0.2, 0) is 4.74 Å². The number of hydrogen-bond donors (Lipinski definition) is 2. The summed E-state index contributed by atoms with van der Waals surface area (Å²) in [5.41, 5.74) is 5.45. The first-order chi connectivity index (χ1) is 4.88. The number of rotatable bonds is 5. The molecule has 0 amide bonds. The summed E-state index contributed by atoms with van der Waals surface area (Å²) in [6, 6.07) is 0. The molecule has 1 atom stereocenters. The molecule has 1 fully saturated rings. The van der Waals surface area contributed by atoms with E-state index in [-0.39, 0.29) is 12.7 Å². The van der Waals surface area contributed by atoms with E-state index in [0.29, 0.717) is 19.1 Å². The lowest BCUT2D eigenvalue weighted by atomic mass is 10.2. The van der Waals surface area contributed by atoms with Crippen LogP contribution < -0.4 is 5.73 Å². The van der Waals surface area contributed by atoms with E-state index in [0.717, 1.165) is 0 Å². The third kappa shape index (κ3) is 2.25. The molecule has 0 saturated heterocycles. The lowest BCUT2D eigenvalue weighted by molar-refractivity contribution is 0.0216. The lowest BCUT2D eigenvalue weighted by Crippen LogP contribution is -2.26. The fourth-order valence-electron chi connectivity index (χ4n) is 1.07. The molecule has 0 spiro atoms. The van der Waals surface area contributed by atoms with Crippen molar-refractivity contribution < 1.29 is 9.84 Å². The topological polar surface area (TPSA) is 55.5 Å². The van der Waals surface area contributed by atoms with E-state index in [9.17, 15) is 0 Å². The van der Waals surface area contributed by atoms with Crippen LogP contribution in [-0.4, -0.2) is 31.0 Å². The second-order valence-electron chi connectivity index (χ2n) is 2.71. The number of hydrogen-bond acceptors (Lipinski definition) is 3. The van der Waals surface area contributed by atoms with Gasteiger partial charge in [0.1, 0.15) is 0 Å². The highest BCUT2D eigenvalue weighted by Crippen LogP contribution is 2.33. The number of ether oxygens (including phenoxy) is 1. The molecule has 1 aliphatic rings. The average Bonchev–Trinajstić information content (AvgIpc) is 2.73. The minimum atomic E-state index is 0.100. The maximum absolute atomic E-state index is 8.45. The van der Waals surface area contributed by atoms with Gasteiger partial charge in [-0.3, -0.25) is 0 Å². The van der Waals surface area contributed by atoms with Crippen molar-refractivity contribution >= 4 is 0 Å². The van der Waals surface area contributed by atoms with Crippen molar-refractivity contribution in [3.8, 4) is 0 Å². The maximum Gasteiger partial charge on any atom is 0.0726 e. The second kappa shape index (κ2) is 3.91. The summed E-state index contributed by atoms with van der Waals surface area (Å²) in [4.78, 5) is 0. The molecule has 0 aliphatic heterocycles. The average molecular weight is 145 g/mol. The first kappa shape index (κ1) is 7.98. The number of aliphatic hydroxyl groups excluding tert-OH is 1. The van der Waals surface area contributed by atoms with Crippen LogP contribution in [0.1, 0.15) is 12.8 Å². The summed E-state index contributed by atoms with van der Waals surface area (Å²) in [6.45, 7) is 1.12. The van der Waals surface area contributed by atoms with Gasteiger partial charge in [0, 0.05) is 6.54 Å². The van der Waals surface area contributed by atoms with Crippen molar-refractivity contribution in [2.45, 2.75) is 18.9 Å². The Bertz CT molecular complexity index is 93.6. The summed E-state index contributed by atoms with van der Waals surface area (Å²) >= 11 is 0. The summed E-state index contributed by atoms with van der Waals surface area (Å²) in [5.74, 6) is 0.677. The smallest absolute Gasteiger partial charge is 0.0726 e. The molecule has 3 nitrogen and oxygen atoms in total. The first-order valence-electron chi connectivity index (χ1n) is 3.81. The molecule has 1 unspecified atom stereocenters. The van der Waals surface area contributed by atoms with Crippen LogP contribution in [0.5, 0.6) is 0 Å². The summed E-state index contributed by atoms with van der Waals surface area (Å²) in [7, 11) is 0. The zero-order valence-corrected chi connectivity index (χ0v) is 6.12. The molecule has 0 aromatic rings. The van der Waals surface area contributed by atoms with Crippen LogP contribution in [0.15, 0.2) is 0 Å². The first-order valence-corrected chi connectivity index (χ1v) is 3.81. The zero-order valence-electron chi connectivity index (χ0n) is 6.12. The molecule has 1 saturated carbocycles. The monoisotopic (exact) mass is 145 g/mol. The molecule has 3 heteroatoms. The van der Waals surface area contributed by atoms with Gasteiger partial charge < -0.3 is 15.6 Å². The highest BCUT2D eigenvalue weighted by molar-refractivity contribution is 4.82. The van der Waals surface area contributed by atoms with Gasteiger partial charge in [-0.15, -0.1) is 0 Å². The predicted octanol–water partition coefficient (Wildman–Crippen LogP) is -0.267. The van der Waals surface area contributed by atoms with Crippen molar-refractivity contribution in [2.24, 2.45) is 11.7 Å². The van der Waals surface area contributed by atoms with E-state index in [4.69, 9.17) is 15.6 Å². The highest BCUT2D eigenvalue weighted by Gasteiger charge is 2.30. The summed E-state index contributed by atoms with van der Waals surface area (Å²) in [6.07, 6.45) is 2.69. The van der Waals surface area contributed by atoms with Gasteiger partial charge in [-0.2, -0.15) is 0 Å². The van der Waals surface area contributed by atoms with Crippen molar-refractivity contribution in [3.05, 3.63) is 0 Å². The van der Waals surface area contributed by atoms with Crippen molar-refractivity contribution in [3.63, 3.8) is 0 Å². The Kier molecular flexibility index (Phi) is 3.12. The fraction of sp³-hybridized carbons (Fsp3) is 1.00. The van der Waals surface area contributed by atoms with Gasteiger partial charge in [0.05, 0.1) is 19.3 Å². The number of aliphatic hydroxyl groups is 1. The number of nitrogens with two attached hydrogens (primary N) is 1. The van der Waals surface area contributed by atoms with Crippen LogP contribution in [0.4, 0.5) is 0 Å². The molecule has 10 heavy (non-hydrogen) atoms. The molecular weight excluding hydrogens is 130 g/mol. The van der Waals surface area contributed by atoms with E-state index in [1.54, 1.807) is 0 Å². The third-order valence-electron chi connectivity index (χ3n) is 1.80. The molecule has 0 aromatic carbocycles. The lowest BCUT2D eigenvalue weighted by Gasteiger charge is -2.13. The van der Waals surface area contributed by atoms with Gasteiger partial charge in [0.25, 0.3) is 0 Å². The fourth-order valence-corrected chi connectivity index (χ4v) is 1.07. The molecular formula is C7H15NO2. The van der Waals surface area contributed by atoms with Gasteiger partial charge >= 0.3 is 0 Å².